The zero-order valence-corrected chi connectivity index (χ0v) is 13.4. The van der Waals surface area contributed by atoms with Crippen LogP contribution in [0.3, 0.4) is 0 Å². The van der Waals surface area contributed by atoms with Gasteiger partial charge in [0.15, 0.2) is 0 Å². The smallest absolute Gasteiger partial charge is 0.0667 e. The highest BCUT2D eigenvalue weighted by Crippen LogP contribution is 2.21. The molecule has 1 aliphatic heterocycles. The van der Waals surface area contributed by atoms with Gasteiger partial charge in [0.25, 0.3) is 0 Å². The Morgan fingerprint density at radius 2 is 1.61 bits per heavy atom. The van der Waals surface area contributed by atoms with E-state index >= 15 is 0 Å². The Bertz CT molecular complexity index is 597. The molecule has 1 fully saturated rings. The molecule has 0 radical (unpaired) electrons. The summed E-state index contributed by atoms with van der Waals surface area (Å²) >= 11 is 0. The van der Waals surface area contributed by atoms with E-state index in [1.54, 1.807) is 0 Å². The fraction of sp³-hybridized carbons (Fsp3) is 0.400. The molecular weight excluding hydrogens is 286 g/mol. The molecule has 0 aromatic heterocycles. The summed E-state index contributed by atoms with van der Waals surface area (Å²) < 4.78 is 0. The van der Waals surface area contributed by atoms with E-state index in [0.717, 1.165) is 25.8 Å². The lowest BCUT2D eigenvalue weighted by Crippen LogP contribution is -2.48. The monoisotopic (exact) mass is 311 g/mol. The molecule has 2 aromatic rings. The second-order valence-corrected chi connectivity index (χ2v) is 6.38. The third kappa shape index (κ3) is 4.20. The fourth-order valence-electron chi connectivity index (χ4n) is 3.33. The molecule has 3 heteroatoms. The predicted molar refractivity (Wildman–Crippen MR) is 93.3 cm³/mol. The van der Waals surface area contributed by atoms with Gasteiger partial charge in [0.2, 0.25) is 0 Å². The molecule has 23 heavy (non-hydrogen) atoms. The van der Waals surface area contributed by atoms with Crippen molar-refractivity contribution in [3.05, 3.63) is 60.2 Å². The van der Waals surface area contributed by atoms with Crippen LogP contribution in [0.15, 0.2) is 54.6 Å². The summed E-state index contributed by atoms with van der Waals surface area (Å²) in [5, 5.41) is 19.3. The van der Waals surface area contributed by atoms with Gasteiger partial charge in [0.1, 0.15) is 0 Å². The van der Waals surface area contributed by atoms with E-state index in [0.29, 0.717) is 6.54 Å². The summed E-state index contributed by atoms with van der Waals surface area (Å²) in [4.78, 5) is 2.22. The van der Waals surface area contributed by atoms with Crippen molar-refractivity contribution in [1.29, 1.82) is 0 Å². The molecule has 0 aliphatic carbocycles. The molecule has 0 saturated carbocycles. The molecule has 0 spiro atoms. The van der Waals surface area contributed by atoms with E-state index in [2.05, 4.69) is 53.4 Å². The predicted octanol–water partition coefficient (Wildman–Crippen LogP) is 2.71. The third-order valence-electron chi connectivity index (χ3n) is 4.75. The number of aliphatic hydroxyl groups is 2. The molecule has 1 aliphatic rings. The van der Waals surface area contributed by atoms with Gasteiger partial charge in [-0.05, 0) is 36.0 Å². The number of benzene rings is 2. The molecule has 2 N–H and O–H groups in total. The Kier molecular flexibility index (Phi) is 5.44. The molecule has 122 valence electrons. The van der Waals surface area contributed by atoms with Gasteiger partial charge >= 0.3 is 0 Å². The van der Waals surface area contributed by atoms with Crippen LogP contribution in [0.2, 0.25) is 0 Å². The van der Waals surface area contributed by atoms with Crippen molar-refractivity contribution in [2.24, 2.45) is 0 Å². The quantitative estimate of drug-likeness (QED) is 0.892. The molecule has 0 bridgehead atoms. The zero-order chi connectivity index (χ0) is 16.1. The van der Waals surface area contributed by atoms with Crippen LogP contribution in [0.25, 0.3) is 11.1 Å². The average Bonchev–Trinajstić information content (AvgIpc) is 2.61. The van der Waals surface area contributed by atoms with Crippen molar-refractivity contribution >= 4 is 0 Å². The number of likely N-dealkylation sites (tertiary alicyclic amines) is 1. The van der Waals surface area contributed by atoms with Gasteiger partial charge in [0.05, 0.1) is 12.7 Å². The maximum Gasteiger partial charge on any atom is 0.0667 e. The maximum absolute atomic E-state index is 9.83. The highest BCUT2D eigenvalue weighted by Gasteiger charge is 2.26. The first-order valence-electron chi connectivity index (χ1n) is 8.43. The highest BCUT2D eigenvalue weighted by atomic mass is 16.3. The van der Waals surface area contributed by atoms with Crippen LogP contribution < -0.4 is 0 Å². The third-order valence-corrected chi connectivity index (χ3v) is 4.75. The Hall–Kier alpha value is -1.68. The number of nitrogens with zero attached hydrogens (tertiary/aromatic N) is 1. The van der Waals surface area contributed by atoms with Gasteiger partial charge in [-0.15, -0.1) is 0 Å². The summed E-state index contributed by atoms with van der Waals surface area (Å²) in [6, 6.07) is 19.3. The van der Waals surface area contributed by atoms with Crippen molar-refractivity contribution in [1.82, 2.24) is 4.90 Å². The number of aliphatic hydroxyl groups excluding tert-OH is 2. The lowest BCUT2D eigenvalue weighted by Gasteiger charge is -2.37. The minimum absolute atomic E-state index is 0.180. The lowest BCUT2D eigenvalue weighted by atomic mass is 9.99. The van der Waals surface area contributed by atoms with E-state index in [-0.39, 0.29) is 18.8 Å². The van der Waals surface area contributed by atoms with Crippen LogP contribution in [0.5, 0.6) is 0 Å². The van der Waals surface area contributed by atoms with Crippen LogP contribution in [-0.2, 0) is 6.42 Å². The van der Waals surface area contributed by atoms with Crippen molar-refractivity contribution in [3.63, 3.8) is 0 Å². The minimum atomic E-state index is -0.252. The summed E-state index contributed by atoms with van der Waals surface area (Å²) in [6.45, 7) is 1.74. The standard InChI is InChI=1S/C20H25NO2/c22-15-19-10-11-20(23)14-21(19)13-12-16-6-8-18(9-7-16)17-4-2-1-3-5-17/h1-9,19-20,22-23H,10-15H2/t19-,20-/m1/s1. The van der Waals surface area contributed by atoms with Gasteiger partial charge in [-0.25, -0.2) is 0 Å². The van der Waals surface area contributed by atoms with Gasteiger partial charge < -0.3 is 10.2 Å². The van der Waals surface area contributed by atoms with Crippen molar-refractivity contribution in [3.8, 4) is 11.1 Å². The molecule has 1 saturated heterocycles. The Morgan fingerprint density at radius 3 is 2.30 bits per heavy atom. The van der Waals surface area contributed by atoms with Crippen molar-refractivity contribution in [2.45, 2.75) is 31.4 Å². The average molecular weight is 311 g/mol. The van der Waals surface area contributed by atoms with Gasteiger partial charge in [-0.1, -0.05) is 54.6 Å². The summed E-state index contributed by atoms with van der Waals surface area (Å²) in [7, 11) is 0. The van der Waals surface area contributed by atoms with E-state index in [4.69, 9.17) is 0 Å². The molecule has 1 heterocycles. The van der Waals surface area contributed by atoms with E-state index in [1.165, 1.54) is 16.7 Å². The van der Waals surface area contributed by atoms with E-state index in [1.807, 2.05) is 6.07 Å². The van der Waals surface area contributed by atoms with Crippen LogP contribution in [0, 0.1) is 0 Å². The summed E-state index contributed by atoms with van der Waals surface area (Å²) in [5.41, 5.74) is 3.76. The number of hydrogen-bond donors (Lipinski definition) is 2. The van der Waals surface area contributed by atoms with E-state index in [9.17, 15) is 10.2 Å². The topological polar surface area (TPSA) is 43.7 Å². The number of hydrogen-bond acceptors (Lipinski definition) is 3. The molecule has 3 rings (SSSR count). The zero-order valence-electron chi connectivity index (χ0n) is 13.4. The van der Waals surface area contributed by atoms with Gasteiger partial charge in [-0.3, -0.25) is 4.90 Å². The molecule has 2 atom stereocenters. The van der Waals surface area contributed by atoms with Crippen molar-refractivity contribution in [2.75, 3.05) is 19.7 Å². The van der Waals surface area contributed by atoms with Crippen LogP contribution >= 0.6 is 0 Å². The second kappa shape index (κ2) is 7.73. The first-order valence-corrected chi connectivity index (χ1v) is 8.43. The Morgan fingerprint density at radius 1 is 0.913 bits per heavy atom. The lowest BCUT2D eigenvalue weighted by molar-refractivity contribution is 0.0147. The molecule has 3 nitrogen and oxygen atoms in total. The summed E-state index contributed by atoms with van der Waals surface area (Å²) in [6.07, 6.45) is 2.37. The normalized spacial score (nSPS) is 22.2. The Balaban J connectivity index is 1.60. The maximum atomic E-state index is 9.83. The first-order chi connectivity index (χ1) is 11.3. The molecular formula is C20H25NO2. The van der Waals surface area contributed by atoms with Crippen LogP contribution in [-0.4, -0.2) is 47.0 Å². The molecule has 0 unspecified atom stereocenters. The van der Waals surface area contributed by atoms with Gasteiger partial charge in [-0.2, -0.15) is 0 Å². The number of β-amino-alcohol motifs (C(OH)–C–C–N with tert-alkyl or cyclic N) is 1. The van der Waals surface area contributed by atoms with Crippen LogP contribution in [0.4, 0.5) is 0 Å². The number of rotatable bonds is 5. The first kappa shape index (κ1) is 16.2. The highest BCUT2D eigenvalue weighted by molar-refractivity contribution is 5.63. The largest absolute Gasteiger partial charge is 0.395 e. The number of piperidine rings is 1. The van der Waals surface area contributed by atoms with E-state index < -0.39 is 0 Å². The van der Waals surface area contributed by atoms with Crippen molar-refractivity contribution < 1.29 is 10.2 Å². The second-order valence-electron chi connectivity index (χ2n) is 6.38. The Labute approximate surface area is 138 Å². The SMILES string of the molecule is OC[C@H]1CC[C@@H](O)CN1CCc1ccc(-c2ccccc2)cc1. The fourth-order valence-corrected chi connectivity index (χ4v) is 3.33. The molecule has 2 aromatic carbocycles. The van der Waals surface area contributed by atoms with Gasteiger partial charge in [0, 0.05) is 19.1 Å². The minimum Gasteiger partial charge on any atom is -0.395 e. The summed E-state index contributed by atoms with van der Waals surface area (Å²) in [5.74, 6) is 0. The molecule has 0 amide bonds. The van der Waals surface area contributed by atoms with Crippen LogP contribution in [0.1, 0.15) is 18.4 Å².